The van der Waals surface area contributed by atoms with E-state index in [1.165, 1.54) is 5.51 Å². The van der Waals surface area contributed by atoms with Gasteiger partial charge in [0.2, 0.25) is 0 Å². The summed E-state index contributed by atoms with van der Waals surface area (Å²) >= 11 is 1.10. The second-order valence-corrected chi connectivity index (χ2v) is 3.20. The van der Waals surface area contributed by atoms with E-state index in [0.717, 1.165) is 23.6 Å². The molecule has 2 nitrogen and oxygen atoms in total. The van der Waals surface area contributed by atoms with Gasteiger partial charge in [0.25, 0.3) is 0 Å². The van der Waals surface area contributed by atoms with Crippen LogP contribution in [0.3, 0.4) is 0 Å². The van der Waals surface area contributed by atoms with E-state index in [1.807, 2.05) is 0 Å². The van der Waals surface area contributed by atoms with Crippen molar-refractivity contribution < 1.29 is 13.2 Å². The largest absolute Gasteiger partial charge is 0.418 e. The molecule has 0 bridgehead atoms. The van der Waals surface area contributed by atoms with Gasteiger partial charge in [0.15, 0.2) is 0 Å². The van der Waals surface area contributed by atoms with Crippen LogP contribution in [0, 0.1) is 0 Å². The van der Waals surface area contributed by atoms with Gasteiger partial charge in [-0.15, -0.1) is 11.3 Å². The number of thiazole rings is 1. The Morgan fingerprint density at radius 2 is 2.00 bits per heavy atom. The van der Waals surface area contributed by atoms with Gasteiger partial charge in [0, 0.05) is 6.20 Å². The number of hydrogen-bond donors (Lipinski definition) is 0. The molecule has 68 valence electrons. The molecule has 2 aromatic heterocycles. The maximum atomic E-state index is 12.3. The van der Waals surface area contributed by atoms with Crippen LogP contribution in [0.1, 0.15) is 5.56 Å². The highest BCUT2D eigenvalue weighted by Gasteiger charge is 2.33. The van der Waals surface area contributed by atoms with E-state index >= 15 is 0 Å². The van der Waals surface area contributed by atoms with Crippen LogP contribution in [-0.2, 0) is 6.18 Å². The van der Waals surface area contributed by atoms with Crippen LogP contribution in [0.2, 0.25) is 0 Å². The summed E-state index contributed by atoms with van der Waals surface area (Å²) in [5.74, 6) is 0. The van der Waals surface area contributed by atoms with Gasteiger partial charge in [0.05, 0.1) is 11.1 Å². The van der Waals surface area contributed by atoms with Gasteiger partial charge in [-0.2, -0.15) is 13.2 Å². The lowest BCUT2D eigenvalue weighted by Crippen LogP contribution is -2.05. The van der Waals surface area contributed by atoms with E-state index in [2.05, 4.69) is 9.97 Å². The van der Waals surface area contributed by atoms with Crippen molar-refractivity contribution in [2.24, 2.45) is 0 Å². The maximum absolute atomic E-state index is 12.3. The number of rotatable bonds is 0. The van der Waals surface area contributed by atoms with Gasteiger partial charge in [0.1, 0.15) is 10.3 Å². The van der Waals surface area contributed by atoms with E-state index in [0.29, 0.717) is 4.83 Å². The number of fused-ring (bicyclic) bond motifs is 1. The first-order valence-corrected chi connectivity index (χ1v) is 4.22. The normalized spacial score (nSPS) is 12.2. The van der Waals surface area contributed by atoms with Crippen LogP contribution in [0.5, 0.6) is 0 Å². The molecule has 13 heavy (non-hydrogen) atoms. The highest BCUT2D eigenvalue weighted by molar-refractivity contribution is 7.16. The minimum atomic E-state index is -4.35. The highest BCUT2D eigenvalue weighted by atomic mass is 32.1. The van der Waals surface area contributed by atoms with Crippen LogP contribution in [0.15, 0.2) is 17.8 Å². The highest BCUT2D eigenvalue weighted by Crippen LogP contribution is 2.33. The molecule has 0 N–H and O–H groups in total. The third kappa shape index (κ3) is 1.37. The van der Waals surface area contributed by atoms with Crippen molar-refractivity contribution >= 4 is 21.7 Å². The topological polar surface area (TPSA) is 25.8 Å². The van der Waals surface area contributed by atoms with Crippen molar-refractivity contribution in [3.8, 4) is 0 Å². The fourth-order valence-electron chi connectivity index (χ4n) is 1.00. The molecule has 6 heteroatoms. The Balaban J connectivity index is 2.75. The number of hydrogen-bond acceptors (Lipinski definition) is 3. The van der Waals surface area contributed by atoms with E-state index in [4.69, 9.17) is 0 Å². The first-order valence-electron chi connectivity index (χ1n) is 3.34. The SMILES string of the molecule is FC(F)(F)c1ccnc2scnc12. The fraction of sp³-hybridized carbons (Fsp3) is 0.143. The van der Waals surface area contributed by atoms with Crippen molar-refractivity contribution in [3.05, 3.63) is 23.3 Å². The molecule has 0 saturated carbocycles. The Morgan fingerprint density at radius 1 is 1.23 bits per heavy atom. The van der Waals surface area contributed by atoms with Crippen molar-refractivity contribution in [2.45, 2.75) is 6.18 Å². The summed E-state index contributed by atoms with van der Waals surface area (Å²) in [6, 6.07) is 0.933. The zero-order valence-corrected chi connectivity index (χ0v) is 6.99. The second-order valence-electron chi connectivity index (χ2n) is 2.36. The molecule has 0 spiro atoms. The Bertz CT molecular complexity index is 434. The number of halogens is 3. The smallest absolute Gasteiger partial charge is 0.244 e. The Labute approximate surface area is 75.1 Å². The summed E-state index contributed by atoms with van der Waals surface area (Å²) in [6.07, 6.45) is -3.21. The average Bonchev–Trinajstić information content (AvgIpc) is 2.48. The van der Waals surface area contributed by atoms with Crippen molar-refractivity contribution in [2.75, 3.05) is 0 Å². The monoisotopic (exact) mass is 204 g/mol. The minimum Gasteiger partial charge on any atom is -0.244 e. The average molecular weight is 204 g/mol. The summed E-state index contributed by atoms with van der Waals surface area (Å²) in [6.45, 7) is 0. The fourth-order valence-corrected chi connectivity index (χ4v) is 1.66. The molecule has 0 atom stereocenters. The number of pyridine rings is 1. The molecule has 2 rings (SSSR count). The van der Waals surface area contributed by atoms with Gasteiger partial charge in [-0.25, -0.2) is 9.97 Å². The van der Waals surface area contributed by atoms with E-state index in [1.54, 1.807) is 0 Å². The first-order chi connectivity index (χ1) is 6.09. The number of nitrogens with zero attached hydrogens (tertiary/aromatic N) is 2. The Morgan fingerprint density at radius 3 is 2.69 bits per heavy atom. The summed E-state index contributed by atoms with van der Waals surface area (Å²) in [7, 11) is 0. The molecule has 0 fully saturated rings. The molecule has 0 aliphatic heterocycles. The molecule has 0 saturated heterocycles. The van der Waals surface area contributed by atoms with E-state index < -0.39 is 11.7 Å². The van der Waals surface area contributed by atoms with Gasteiger partial charge in [-0.3, -0.25) is 0 Å². The predicted octanol–water partition coefficient (Wildman–Crippen LogP) is 2.71. The minimum absolute atomic E-state index is 0.0694. The van der Waals surface area contributed by atoms with Crippen LogP contribution < -0.4 is 0 Å². The predicted molar refractivity (Wildman–Crippen MR) is 42.4 cm³/mol. The second kappa shape index (κ2) is 2.66. The zero-order chi connectivity index (χ0) is 9.47. The van der Waals surface area contributed by atoms with E-state index in [-0.39, 0.29) is 5.52 Å². The first kappa shape index (κ1) is 8.43. The summed E-state index contributed by atoms with van der Waals surface area (Å²) in [4.78, 5) is 7.71. The van der Waals surface area contributed by atoms with Gasteiger partial charge < -0.3 is 0 Å². The van der Waals surface area contributed by atoms with Gasteiger partial charge >= 0.3 is 6.18 Å². The Kier molecular flexibility index (Phi) is 1.73. The molecule has 0 aromatic carbocycles. The van der Waals surface area contributed by atoms with Crippen LogP contribution in [0.4, 0.5) is 13.2 Å². The molecule has 0 aliphatic rings. The van der Waals surface area contributed by atoms with E-state index in [9.17, 15) is 13.2 Å². The van der Waals surface area contributed by atoms with Gasteiger partial charge in [-0.1, -0.05) is 0 Å². The molecule has 0 radical (unpaired) electrons. The number of alkyl halides is 3. The molecule has 0 amide bonds. The standard InChI is InChI=1S/C7H3F3N2S/c8-7(9,10)4-1-2-11-6-5(4)12-3-13-6/h1-3H. The zero-order valence-electron chi connectivity index (χ0n) is 6.17. The quantitative estimate of drug-likeness (QED) is 0.659. The van der Waals surface area contributed by atoms with Crippen LogP contribution >= 0.6 is 11.3 Å². The lowest BCUT2D eigenvalue weighted by Gasteiger charge is -2.05. The summed E-state index contributed by atoms with van der Waals surface area (Å²) in [5.41, 5.74) is 0.561. The van der Waals surface area contributed by atoms with Crippen molar-refractivity contribution in [1.29, 1.82) is 0 Å². The Hall–Kier alpha value is -1.17. The maximum Gasteiger partial charge on any atom is 0.418 e. The third-order valence-corrected chi connectivity index (χ3v) is 2.28. The lowest BCUT2D eigenvalue weighted by molar-refractivity contribution is -0.136. The summed E-state index contributed by atoms with van der Waals surface area (Å²) < 4.78 is 37.0. The number of aromatic nitrogens is 2. The van der Waals surface area contributed by atoms with Crippen molar-refractivity contribution in [1.82, 2.24) is 9.97 Å². The molecular formula is C7H3F3N2S. The van der Waals surface area contributed by atoms with Crippen LogP contribution in [-0.4, -0.2) is 9.97 Å². The lowest BCUT2D eigenvalue weighted by atomic mass is 10.2. The molecule has 2 heterocycles. The third-order valence-electron chi connectivity index (χ3n) is 1.54. The van der Waals surface area contributed by atoms with Crippen LogP contribution in [0.25, 0.3) is 10.3 Å². The molecule has 0 unspecified atom stereocenters. The summed E-state index contributed by atoms with van der Waals surface area (Å²) in [5, 5.41) is 0. The molecule has 2 aromatic rings. The molecule has 0 aliphatic carbocycles. The molecular weight excluding hydrogens is 201 g/mol. The van der Waals surface area contributed by atoms with Gasteiger partial charge in [-0.05, 0) is 6.07 Å². The van der Waals surface area contributed by atoms with Crippen molar-refractivity contribution in [3.63, 3.8) is 0 Å².